The minimum absolute atomic E-state index is 0. The summed E-state index contributed by atoms with van der Waals surface area (Å²) in [5.74, 6) is 0. The largest absolute Gasteiger partial charge is 2.00 e. The average molecular weight is 346 g/mol. The van der Waals surface area contributed by atoms with Crippen molar-refractivity contribution in [3.8, 4) is 0 Å². The molecule has 0 aromatic carbocycles. The van der Waals surface area contributed by atoms with Gasteiger partial charge in [-0.3, -0.25) is 0 Å². The minimum atomic E-state index is 0. The van der Waals surface area contributed by atoms with Gasteiger partial charge in [0.15, 0.2) is 0 Å². The first kappa shape index (κ1) is 97.6. The quantitative estimate of drug-likeness (QED) is 0.188. The Morgan fingerprint density at radius 3 is 0.375 bits per heavy atom. The van der Waals surface area contributed by atoms with E-state index in [1.807, 2.05) is 0 Å². The van der Waals surface area contributed by atoms with Gasteiger partial charge in [-0.05, 0) is 0 Å². The Kier molecular flexibility index (Phi) is 581000. The Morgan fingerprint density at radius 2 is 0.375 bits per heavy atom. The zero-order chi connectivity index (χ0) is 12.0. The van der Waals surface area contributed by atoms with E-state index in [0.717, 1.165) is 0 Å². The maximum absolute atomic E-state index is 7.50. The van der Waals surface area contributed by atoms with Crippen LogP contribution in [-0.4, -0.2) is 0 Å². The Balaban J connectivity index is -0.00000000321. The third-order valence-corrected chi connectivity index (χ3v) is 0. The average Bonchev–Trinajstić information content (AvgIpc) is 2.33. The normalized spacial score (nSPS) is 0.750. The second kappa shape index (κ2) is 95300. The molecule has 0 fully saturated rings. The van der Waals surface area contributed by atoms with Crippen LogP contribution in [0.25, 0.3) is 0 Å². The van der Waals surface area contributed by atoms with Crippen LogP contribution in [0, 0.1) is 39.9 Å². The molecule has 0 amide bonds. The summed E-state index contributed by atoms with van der Waals surface area (Å²) in [6.45, 7) is 27.0. The van der Waals surface area contributed by atoms with Gasteiger partial charge in [0.25, 0.3) is 0 Å². The summed E-state index contributed by atoms with van der Waals surface area (Å²) in [5, 5.41) is 0. The second-order valence-corrected chi connectivity index (χ2v) is 0. The van der Waals surface area contributed by atoms with Crippen LogP contribution in [-0.2, 0) is 89.0 Å². The third-order valence-electron chi connectivity index (χ3n) is 0. The van der Waals surface area contributed by atoms with Crippen LogP contribution in [0.4, 0.5) is 0 Å². The summed E-state index contributed by atoms with van der Waals surface area (Å²) in [7, 11) is 0. The maximum atomic E-state index is 7.50. The van der Waals surface area contributed by atoms with E-state index in [4.69, 9.17) is 27.9 Å². The summed E-state index contributed by atoms with van der Waals surface area (Å²) < 4.78 is 45.0. The van der Waals surface area contributed by atoms with Gasteiger partial charge in [0.2, 0.25) is 0 Å². The molecule has 0 saturated heterocycles. The Morgan fingerprint density at radius 1 is 0.375 bits per heavy atom. The van der Waals surface area contributed by atoms with Crippen molar-refractivity contribution in [3.63, 3.8) is 0 Å². The van der Waals surface area contributed by atoms with Crippen LogP contribution in [0.2, 0.25) is 0 Å². The fraction of sp³-hybridized carbons (Fsp3) is 0. The van der Waals surface area contributed by atoms with Crippen LogP contribution in [0.1, 0.15) is 0 Å². The molecule has 0 aliphatic rings. The molecule has 90 valence electrons. The first-order valence-corrected chi connectivity index (χ1v) is 1.22. The molecule has 0 saturated carbocycles. The Bertz CT molecular complexity index is 104. The van der Waals surface area contributed by atoms with Gasteiger partial charge in [0.1, 0.15) is 0 Å². The molecular weight excluding hydrogens is 344 g/mol. The van der Waals surface area contributed by atoms with Crippen molar-refractivity contribution < 1.29 is 62.1 Å². The zero-order valence-electron chi connectivity index (χ0n) is 7.05. The van der Waals surface area contributed by atoms with Gasteiger partial charge < -0.3 is 27.0 Å². The number of hydrogen-bond acceptors (Lipinski definition) is 2. The SMILES string of the molecule is [C-]#[O+].[C-]#[O+].[C-]#[O+].[C-]#[O+].[C-]#[O+].[C-]#[O+].[Fe+2].[Fe].[SH-].[SH-]. The fourth-order valence-corrected chi connectivity index (χ4v) is 0. The molecule has 0 heterocycles. The monoisotopic (exact) mass is 346 g/mol. The molecule has 16 heavy (non-hydrogen) atoms. The van der Waals surface area contributed by atoms with Gasteiger partial charge >= 0.3 is 84.9 Å². The molecule has 0 N–H and O–H groups in total. The molecule has 0 bridgehead atoms. The Hall–Kier alpha value is 0.179. The van der Waals surface area contributed by atoms with Crippen molar-refractivity contribution in [2.45, 2.75) is 0 Å². The fourth-order valence-electron chi connectivity index (χ4n) is 0. The summed E-state index contributed by atoms with van der Waals surface area (Å²) in [6.07, 6.45) is 0. The van der Waals surface area contributed by atoms with Crippen LogP contribution in [0.15, 0.2) is 0 Å². The van der Waals surface area contributed by atoms with Crippen molar-refractivity contribution in [2.24, 2.45) is 0 Å². The molecule has 0 aliphatic carbocycles. The zero-order valence-corrected chi connectivity index (χ0v) is 11.0. The van der Waals surface area contributed by atoms with E-state index in [0.29, 0.717) is 0 Å². The summed E-state index contributed by atoms with van der Waals surface area (Å²) in [4.78, 5) is 0. The van der Waals surface area contributed by atoms with E-state index in [1.165, 1.54) is 0 Å². The van der Waals surface area contributed by atoms with Crippen molar-refractivity contribution in [3.05, 3.63) is 39.9 Å². The van der Waals surface area contributed by atoms with Gasteiger partial charge in [-0.15, -0.1) is 0 Å². The van der Waals surface area contributed by atoms with Gasteiger partial charge in [-0.1, -0.05) is 0 Å². The standard InChI is InChI=1S/6CO.2Fe.2H2S/c6*1-2;;;;/h;;;;;;;;2*1H2/q;;;;;;;+2;;/p-2. The van der Waals surface area contributed by atoms with Crippen molar-refractivity contribution in [1.29, 1.82) is 0 Å². The molecular formula is C6H2Fe2O6S2. The van der Waals surface area contributed by atoms with Crippen LogP contribution >= 0.6 is 0 Å². The molecule has 10 heteroatoms. The van der Waals surface area contributed by atoms with Gasteiger partial charge in [0, 0.05) is 17.1 Å². The summed E-state index contributed by atoms with van der Waals surface area (Å²) in [6, 6.07) is 0. The smallest absolute Gasteiger partial charge is 0.813 e. The Labute approximate surface area is 128 Å². The van der Waals surface area contributed by atoms with Crippen molar-refractivity contribution in [2.75, 3.05) is 0 Å². The number of rotatable bonds is 0. The van der Waals surface area contributed by atoms with E-state index in [2.05, 4.69) is 39.9 Å². The van der Waals surface area contributed by atoms with Crippen molar-refractivity contribution >= 4 is 27.0 Å². The molecule has 0 aromatic heterocycles. The molecule has 0 unspecified atom stereocenters. The van der Waals surface area contributed by atoms with E-state index < -0.39 is 0 Å². The van der Waals surface area contributed by atoms with Gasteiger partial charge in [0.05, 0.1) is 0 Å². The molecule has 0 atom stereocenters. The maximum Gasteiger partial charge on any atom is 2.00 e. The summed E-state index contributed by atoms with van der Waals surface area (Å²) in [5.41, 5.74) is 0. The van der Waals surface area contributed by atoms with Gasteiger partial charge in [-0.25, -0.2) is 0 Å². The molecule has 6 nitrogen and oxygen atoms in total. The number of hydrogen-bond donors (Lipinski definition) is 0. The first-order valence-electron chi connectivity index (χ1n) is 1.22. The number of thiol groups is 2. The van der Waals surface area contributed by atoms with E-state index in [9.17, 15) is 0 Å². The molecule has 0 spiro atoms. The molecule has 0 aliphatic heterocycles. The first-order chi connectivity index (χ1) is 6.00. The molecule has 0 aromatic rings. The third kappa shape index (κ3) is 76900. The molecule has 0 radical (unpaired) electrons. The minimum Gasteiger partial charge on any atom is -0.813 e. The molecule has 0 rings (SSSR count). The van der Waals surface area contributed by atoms with Crippen LogP contribution in [0.5, 0.6) is 0 Å². The van der Waals surface area contributed by atoms with Crippen LogP contribution in [0.3, 0.4) is 0 Å². The van der Waals surface area contributed by atoms with E-state index in [-0.39, 0.29) is 61.1 Å². The topological polar surface area (TPSA) is 119 Å². The van der Waals surface area contributed by atoms with Crippen molar-refractivity contribution in [1.82, 2.24) is 0 Å². The predicted octanol–water partition coefficient (Wildman–Crippen LogP) is -0.770. The van der Waals surface area contributed by atoms with E-state index in [1.54, 1.807) is 0 Å². The summed E-state index contributed by atoms with van der Waals surface area (Å²) >= 11 is 0. The van der Waals surface area contributed by atoms with E-state index >= 15 is 0 Å². The predicted molar refractivity (Wildman–Crippen MR) is 41.1 cm³/mol. The van der Waals surface area contributed by atoms with Gasteiger partial charge in [-0.2, -0.15) is 0 Å². The second-order valence-electron chi connectivity index (χ2n) is 0. The van der Waals surface area contributed by atoms with Crippen LogP contribution < -0.4 is 0 Å².